The van der Waals surface area contributed by atoms with Gasteiger partial charge in [-0.2, -0.15) is 5.10 Å². The molecule has 4 aromatic rings. The van der Waals surface area contributed by atoms with Crippen molar-refractivity contribution >= 4 is 22.5 Å². The van der Waals surface area contributed by atoms with E-state index in [1.807, 2.05) is 37.3 Å². The number of ether oxygens (including phenoxy) is 1. The lowest BCUT2D eigenvalue weighted by atomic mass is 10.2. The zero-order valence-corrected chi connectivity index (χ0v) is 17.8. The van der Waals surface area contributed by atoms with Gasteiger partial charge in [0.25, 0.3) is 5.56 Å². The van der Waals surface area contributed by atoms with E-state index in [0.717, 1.165) is 23.3 Å². The lowest BCUT2D eigenvalue weighted by Crippen LogP contribution is -2.27. The van der Waals surface area contributed by atoms with E-state index in [1.165, 1.54) is 4.68 Å². The number of hydrogen-bond acceptors (Lipinski definition) is 5. The highest BCUT2D eigenvalue weighted by Gasteiger charge is 2.14. The fraction of sp³-hybridized carbons (Fsp3) is 0.348. The average Bonchev–Trinajstić information content (AvgIpc) is 3.36. The summed E-state index contributed by atoms with van der Waals surface area (Å²) in [5, 5.41) is 7.32. The van der Waals surface area contributed by atoms with Crippen molar-refractivity contribution in [2.24, 2.45) is 0 Å². The Bertz CT molecular complexity index is 1250. The summed E-state index contributed by atoms with van der Waals surface area (Å²) in [7, 11) is 0. The summed E-state index contributed by atoms with van der Waals surface area (Å²) in [5.41, 5.74) is 2.83. The van der Waals surface area contributed by atoms with Crippen molar-refractivity contribution in [1.82, 2.24) is 19.5 Å². The number of nitrogens with one attached hydrogen (secondary N) is 1. The number of amides is 1. The monoisotopic (exact) mass is 422 g/mol. The Morgan fingerprint density at radius 1 is 1.19 bits per heavy atom. The van der Waals surface area contributed by atoms with Crippen molar-refractivity contribution in [1.29, 1.82) is 0 Å². The molecule has 0 atom stereocenters. The normalized spacial score (nSPS) is 11.3. The van der Waals surface area contributed by atoms with E-state index < -0.39 is 0 Å². The van der Waals surface area contributed by atoms with Gasteiger partial charge in [-0.25, -0.2) is 4.68 Å². The number of rotatable bonds is 9. The lowest BCUT2D eigenvalue weighted by Gasteiger charge is -2.09. The highest BCUT2D eigenvalue weighted by atomic mass is 16.5. The van der Waals surface area contributed by atoms with Crippen molar-refractivity contribution in [3.8, 4) is 5.75 Å². The molecule has 0 saturated carbocycles. The topological polar surface area (TPSA) is 90.8 Å². The van der Waals surface area contributed by atoms with Crippen LogP contribution >= 0.6 is 0 Å². The van der Waals surface area contributed by atoms with E-state index >= 15 is 0 Å². The maximum absolute atomic E-state index is 12.8. The van der Waals surface area contributed by atoms with E-state index in [4.69, 9.17) is 9.15 Å². The predicted molar refractivity (Wildman–Crippen MR) is 117 cm³/mol. The fourth-order valence-electron chi connectivity index (χ4n) is 3.58. The summed E-state index contributed by atoms with van der Waals surface area (Å²) in [6, 6.07) is 11.3. The number of aromatic nitrogens is 3. The van der Waals surface area contributed by atoms with Crippen LogP contribution in [-0.4, -0.2) is 26.7 Å². The standard InChI is InChI=1S/C23H26N4O4/c1-3-12-30-18-8-6-17(7-9-18)15-24-22(28)5-4-11-26-23(29)20-14-21-19(10-13-31-21)27(20)16(2)25-26/h6-10,13-14H,3-5,11-12,15H2,1-2H3,(H,24,28). The Kier molecular flexibility index (Phi) is 6.06. The molecule has 0 radical (unpaired) electrons. The molecule has 3 heterocycles. The van der Waals surface area contributed by atoms with E-state index in [2.05, 4.69) is 17.3 Å². The summed E-state index contributed by atoms with van der Waals surface area (Å²) in [5.74, 6) is 1.47. The maximum Gasteiger partial charge on any atom is 0.291 e. The Labute approximate surface area is 179 Å². The Morgan fingerprint density at radius 3 is 2.77 bits per heavy atom. The molecule has 0 bridgehead atoms. The zero-order chi connectivity index (χ0) is 21.8. The average molecular weight is 422 g/mol. The third-order valence-electron chi connectivity index (χ3n) is 5.13. The number of furan rings is 1. The second-order valence-electron chi connectivity index (χ2n) is 7.48. The largest absolute Gasteiger partial charge is 0.494 e. The number of carbonyl (C=O) groups excluding carboxylic acids is 1. The number of benzene rings is 1. The van der Waals surface area contributed by atoms with Gasteiger partial charge in [0.1, 0.15) is 17.1 Å². The first-order valence-electron chi connectivity index (χ1n) is 10.5. The van der Waals surface area contributed by atoms with Gasteiger partial charge < -0.3 is 14.5 Å². The van der Waals surface area contributed by atoms with E-state index in [0.29, 0.717) is 49.5 Å². The number of aryl methyl sites for hydroxylation is 2. The van der Waals surface area contributed by atoms with Crippen LogP contribution in [0.4, 0.5) is 0 Å². The van der Waals surface area contributed by atoms with Gasteiger partial charge in [0, 0.05) is 31.6 Å². The quantitative estimate of drug-likeness (QED) is 0.446. The van der Waals surface area contributed by atoms with Gasteiger partial charge in [0.05, 0.1) is 18.4 Å². The molecular formula is C23H26N4O4. The molecule has 0 aliphatic heterocycles. The molecule has 0 spiro atoms. The van der Waals surface area contributed by atoms with Gasteiger partial charge >= 0.3 is 0 Å². The third-order valence-corrected chi connectivity index (χ3v) is 5.13. The highest BCUT2D eigenvalue weighted by Crippen LogP contribution is 2.20. The van der Waals surface area contributed by atoms with Gasteiger partial charge in [0.15, 0.2) is 5.58 Å². The van der Waals surface area contributed by atoms with Gasteiger partial charge in [0.2, 0.25) is 5.91 Å². The maximum atomic E-state index is 12.8. The molecule has 0 saturated heterocycles. The molecule has 8 heteroatoms. The molecule has 0 aliphatic rings. The number of nitrogens with zero attached hydrogens (tertiary/aromatic N) is 3. The molecule has 0 aliphatic carbocycles. The van der Waals surface area contributed by atoms with Crippen LogP contribution in [0.1, 0.15) is 37.6 Å². The van der Waals surface area contributed by atoms with Gasteiger partial charge in [-0.3, -0.25) is 14.0 Å². The summed E-state index contributed by atoms with van der Waals surface area (Å²) in [6.45, 7) is 5.44. The second-order valence-corrected chi connectivity index (χ2v) is 7.48. The van der Waals surface area contributed by atoms with Gasteiger partial charge in [-0.1, -0.05) is 19.1 Å². The Morgan fingerprint density at radius 2 is 2.00 bits per heavy atom. The van der Waals surface area contributed by atoms with Crippen LogP contribution in [0.5, 0.6) is 5.75 Å². The van der Waals surface area contributed by atoms with Crippen molar-refractivity contribution in [3.63, 3.8) is 0 Å². The molecule has 3 aromatic heterocycles. The van der Waals surface area contributed by atoms with Crippen LogP contribution in [0, 0.1) is 6.92 Å². The first-order valence-corrected chi connectivity index (χ1v) is 10.5. The molecule has 1 amide bonds. The van der Waals surface area contributed by atoms with Crippen molar-refractivity contribution in [2.75, 3.05) is 6.61 Å². The molecule has 1 aromatic carbocycles. The first kappa shape index (κ1) is 20.7. The SMILES string of the molecule is CCCOc1ccc(CNC(=O)CCCn2nc(C)n3c(cc4occc43)c2=O)cc1. The van der Waals surface area contributed by atoms with Crippen LogP contribution in [0.15, 0.2) is 51.9 Å². The summed E-state index contributed by atoms with van der Waals surface area (Å²) in [4.78, 5) is 25.0. The third kappa shape index (κ3) is 4.47. The summed E-state index contributed by atoms with van der Waals surface area (Å²) < 4.78 is 14.2. The lowest BCUT2D eigenvalue weighted by molar-refractivity contribution is -0.121. The Hall–Kier alpha value is -3.55. The minimum absolute atomic E-state index is 0.0580. The van der Waals surface area contributed by atoms with Crippen LogP contribution < -0.4 is 15.6 Å². The van der Waals surface area contributed by atoms with Gasteiger partial charge in [-0.15, -0.1) is 0 Å². The molecular weight excluding hydrogens is 396 g/mol. The minimum atomic E-state index is -0.192. The molecule has 31 heavy (non-hydrogen) atoms. The molecule has 1 N–H and O–H groups in total. The highest BCUT2D eigenvalue weighted by molar-refractivity contribution is 5.82. The number of fused-ring (bicyclic) bond motifs is 3. The van der Waals surface area contributed by atoms with Crippen LogP contribution in [-0.2, 0) is 17.9 Å². The molecule has 8 nitrogen and oxygen atoms in total. The predicted octanol–water partition coefficient (Wildman–Crippen LogP) is 3.44. The molecule has 162 valence electrons. The second kappa shape index (κ2) is 9.07. The molecule has 0 fully saturated rings. The number of hydrogen-bond donors (Lipinski definition) is 1. The summed E-state index contributed by atoms with van der Waals surface area (Å²) in [6.07, 6.45) is 3.40. The fourth-order valence-corrected chi connectivity index (χ4v) is 3.58. The van der Waals surface area contributed by atoms with Crippen LogP contribution in [0.25, 0.3) is 16.6 Å². The van der Waals surface area contributed by atoms with Crippen molar-refractivity contribution < 1.29 is 13.9 Å². The van der Waals surface area contributed by atoms with Crippen molar-refractivity contribution in [3.05, 3.63) is 64.4 Å². The molecule has 4 rings (SSSR count). The minimum Gasteiger partial charge on any atom is -0.494 e. The Balaban J connectivity index is 1.31. The van der Waals surface area contributed by atoms with Crippen LogP contribution in [0.3, 0.4) is 0 Å². The smallest absolute Gasteiger partial charge is 0.291 e. The zero-order valence-electron chi connectivity index (χ0n) is 17.8. The first-order chi connectivity index (χ1) is 15.1. The van der Waals surface area contributed by atoms with E-state index in [-0.39, 0.29) is 11.5 Å². The molecule has 0 unspecified atom stereocenters. The van der Waals surface area contributed by atoms with E-state index in [9.17, 15) is 9.59 Å². The summed E-state index contributed by atoms with van der Waals surface area (Å²) >= 11 is 0. The van der Waals surface area contributed by atoms with Gasteiger partial charge in [-0.05, 0) is 37.5 Å². The number of carbonyl (C=O) groups is 1. The van der Waals surface area contributed by atoms with Crippen LogP contribution in [0.2, 0.25) is 0 Å². The van der Waals surface area contributed by atoms with Crippen molar-refractivity contribution in [2.45, 2.75) is 46.2 Å². The van der Waals surface area contributed by atoms with E-state index in [1.54, 1.807) is 16.7 Å².